The highest BCUT2D eigenvalue weighted by molar-refractivity contribution is 5.93. The van der Waals surface area contributed by atoms with Crippen LogP contribution >= 0.6 is 0 Å². The standard InChI is InChI=1S/C15H16N2O2/c16-9-13-4-3-12(19-13)8-10-1-5-14-11(7-10)2-6-15(18)17-14/h1,3-5,7H,2,6,8-9,16H2,(H,17,18). The van der Waals surface area contributed by atoms with Crippen LogP contribution in [0, 0.1) is 0 Å². The van der Waals surface area contributed by atoms with Crippen molar-refractivity contribution in [2.45, 2.75) is 25.8 Å². The van der Waals surface area contributed by atoms with Gasteiger partial charge in [0.25, 0.3) is 0 Å². The molecule has 0 aliphatic carbocycles. The van der Waals surface area contributed by atoms with Crippen LogP contribution in [-0.4, -0.2) is 5.91 Å². The Kier molecular flexibility index (Phi) is 3.09. The highest BCUT2D eigenvalue weighted by Gasteiger charge is 2.15. The van der Waals surface area contributed by atoms with Crippen LogP contribution in [0.2, 0.25) is 0 Å². The van der Waals surface area contributed by atoms with Gasteiger partial charge in [0.05, 0.1) is 6.54 Å². The predicted molar refractivity (Wildman–Crippen MR) is 72.8 cm³/mol. The van der Waals surface area contributed by atoms with Crippen LogP contribution in [0.3, 0.4) is 0 Å². The maximum atomic E-state index is 11.3. The molecule has 0 spiro atoms. The summed E-state index contributed by atoms with van der Waals surface area (Å²) in [6.45, 7) is 0.427. The van der Waals surface area contributed by atoms with Gasteiger partial charge in [0.2, 0.25) is 5.91 Å². The Bertz CT molecular complexity index is 616. The number of carbonyl (C=O) groups excluding carboxylic acids is 1. The van der Waals surface area contributed by atoms with Crippen molar-refractivity contribution in [2.24, 2.45) is 5.73 Å². The van der Waals surface area contributed by atoms with Gasteiger partial charge in [-0.15, -0.1) is 0 Å². The van der Waals surface area contributed by atoms with E-state index in [1.165, 1.54) is 11.1 Å². The molecule has 0 atom stereocenters. The summed E-state index contributed by atoms with van der Waals surface area (Å²) in [6, 6.07) is 10.0. The second-order valence-electron chi connectivity index (χ2n) is 4.79. The molecule has 0 fully saturated rings. The quantitative estimate of drug-likeness (QED) is 0.884. The van der Waals surface area contributed by atoms with E-state index in [4.69, 9.17) is 10.2 Å². The molecule has 1 aliphatic heterocycles. The lowest BCUT2D eigenvalue weighted by atomic mass is 9.99. The number of fused-ring (bicyclic) bond motifs is 1. The van der Waals surface area contributed by atoms with E-state index < -0.39 is 0 Å². The summed E-state index contributed by atoms with van der Waals surface area (Å²) < 4.78 is 5.60. The molecule has 2 aromatic rings. The molecule has 98 valence electrons. The fourth-order valence-corrected chi connectivity index (χ4v) is 2.37. The molecule has 19 heavy (non-hydrogen) atoms. The lowest BCUT2D eigenvalue weighted by Crippen LogP contribution is -2.18. The molecular formula is C15H16N2O2. The predicted octanol–water partition coefficient (Wildman–Crippen LogP) is 2.21. The van der Waals surface area contributed by atoms with Gasteiger partial charge in [-0.05, 0) is 35.7 Å². The van der Waals surface area contributed by atoms with Crippen LogP contribution in [0.5, 0.6) is 0 Å². The van der Waals surface area contributed by atoms with Crippen LogP contribution in [-0.2, 0) is 24.2 Å². The molecule has 1 aromatic carbocycles. The molecule has 1 aromatic heterocycles. The Balaban J connectivity index is 1.80. The van der Waals surface area contributed by atoms with Crippen molar-refractivity contribution in [3.05, 3.63) is 53.0 Å². The van der Waals surface area contributed by atoms with Gasteiger partial charge in [-0.3, -0.25) is 4.79 Å². The number of rotatable bonds is 3. The van der Waals surface area contributed by atoms with E-state index in [-0.39, 0.29) is 5.91 Å². The second-order valence-corrected chi connectivity index (χ2v) is 4.79. The lowest BCUT2D eigenvalue weighted by molar-refractivity contribution is -0.116. The largest absolute Gasteiger partial charge is 0.464 e. The van der Waals surface area contributed by atoms with Crippen molar-refractivity contribution < 1.29 is 9.21 Å². The number of aryl methyl sites for hydroxylation is 1. The summed E-state index contributed by atoms with van der Waals surface area (Å²) in [7, 11) is 0. The number of hydrogen-bond donors (Lipinski definition) is 2. The number of amides is 1. The molecule has 0 saturated carbocycles. The van der Waals surface area contributed by atoms with Crippen molar-refractivity contribution in [3.8, 4) is 0 Å². The molecule has 3 rings (SSSR count). The molecule has 3 N–H and O–H groups in total. The monoisotopic (exact) mass is 256 g/mol. The van der Waals surface area contributed by atoms with E-state index in [0.29, 0.717) is 13.0 Å². The van der Waals surface area contributed by atoms with Crippen molar-refractivity contribution in [1.82, 2.24) is 0 Å². The first kappa shape index (κ1) is 12.0. The number of furan rings is 1. The van der Waals surface area contributed by atoms with E-state index in [1.807, 2.05) is 24.3 Å². The van der Waals surface area contributed by atoms with Gasteiger partial charge < -0.3 is 15.5 Å². The lowest BCUT2D eigenvalue weighted by Gasteiger charge is -2.17. The summed E-state index contributed by atoms with van der Waals surface area (Å²) in [5.41, 5.74) is 8.84. The molecular weight excluding hydrogens is 240 g/mol. The first-order valence-electron chi connectivity index (χ1n) is 6.44. The molecule has 0 bridgehead atoms. The van der Waals surface area contributed by atoms with Crippen LogP contribution in [0.15, 0.2) is 34.7 Å². The number of hydrogen-bond acceptors (Lipinski definition) is 3. The first-order valence-corrected chi connectivity index (χ1v) is 6.44. The Morgan fingerprint density at radius 3 is 2.79 bits per heavy atom. The fourth-order valence-electron chi connectivity index (χ4n) is 2.37. The number of benzene rings is 1. The average molecular weight is 256 g/mol. The summed E-state index contributed by atoms with van der Waals surface area (Å²) >= 11 is 0. The maximum Gasteiger partial charge on any atom is 0.224 e. The molecule has 0 saturated heterocycles. The first-order chi connectivity index (χ1) is 9.24. The maximum absolute atomic E-state index is 11.3. The van der Waals surface area contributed by atoms with Gasteiger partial charge in [-0.2, -0.15) is 0 Å². The number of carbonyl (C=O) groups is 1. The zero-order valence-corrected chi connectivity index (χ0v) is 10.6. The third kappa shape index (κ3) is 2.53. The van der Waals surface area contributed by atoms with Crippen LogP contribution < -0.4 is 11.1 Å². The molecule has 0 radical (unpaired) electrons. The molecule has 1 aliphatic rings. The number of nitrogens with one attached hydrogen (secondary N) is 1. The summed E-state index contributed by atoms with van der Waals surface area (Å²) in [4.78, 5) is 11.3. The molecule has 0 unspecified atom stereocenters. The minimum Gasteiger partial charge on any atom is -0.464 e. The SMILES string of the molecule is NCc1ccc(Cc2ccc3c(c2)CCC(=O)N3)o1. The smallest absolute Gasteiger partial charge is 0.224 e. The van der Waals surface area contributed by atoms with Crippen LogP contribution in [0.4, 0.5) is 5.69 Å². The van der Waals surface area contributed by atoms with Crippen LogP contribution in [0.25, 0.3) is 0 Å². The van der Waals surface area contributed by atoms with Gasteiger partial charge >= 0.3 is 0 Å². The van der Waals surface area contributed by atoms with Gasteiger partial charge in [0, 0.05) is 18.5 Å². The summed E-state index contributed by atoms with van der Waals surface area (Å²) in [5, 5.41) is 2.89. The van der Waals surface area contributed by atoms with Crippen molar-refractivity contribution >= 4 is 11.6 Å². The summed E-state index contributed by atoms with van der Waals surface area (Å²) in [6.07, 6.45) is 2.12. The van der Waals surface area contributed by atoms with Gasteiger partial charge in [-0.1, -0.05) is 12.1 Å². The molecule has 4 heteroatoms. The van der Waals surface area contributed by atoms with Gasteiger partial charge in [0.15, 0.2) is 0 Å². The Labute approximate surface area is 111 Å². The third-order valence-corrected chi connectivity index (χ3v) is 3.36. The molecule has 4 nitrogen and oxygen atoms in total. The third-order valence-electron chi connectivity index (χ3n) is 3.36. The zero-order chi connectivity index (χ0) is 13.2. The van der Waals surface area contributed by atoms with Gasteiger partial charge in [-0.25, -0.2) is 0 Å². The highest BCUT2D eigenvalue weighted by Crippen LogP contribution is 2.25. The molecule has 1 amide bonds. The average Bonchev–Trinajstić information content (AvgIpc) is 2.86. The Hall–Kier alpha value is -2.07. The van der Waals surface area contributed by atoms with Crippen molar-refractivity contribution in [3.63, 3.8) is 0 Å². The highest BCUT2D eigenvalue weighted by atomic mass is 16.3. The second kappa shape index (κ2) is 4.90. The van der Waals surface area contributed by atoms with E-state index in [9.17, 15) is 4.79 Å². The van der Waals surface area contributed by atoms with E-state index in [0.717, 1.165) is 30.0 Å². The minimum absolute atomic E-state index is 0.0962. The molecule has 2 heterocycles. The van der Waals surface area contributed by atoms with Crippen molar-refractivity contribution in [1.29, 1.82) is 0 Å². The van der Waals surface area contributed by atoms with E-state index in [1.54, 1.807) is 0 Å². The zero-order valence-electron chi connectivity index (χ0n) is 10.6. The number of nitrogens with two attached hydrogens (primary N) is 1. The number of anilines is 1. The van der Waals surface area contributed by atoms with Crippen molar-refractivity contribution in [2.75, 3.05) is 5.32 Å². The van der Waals surface area contributed by atoms with Crippen LogP contribution in [0.1, 0.15) is 29.1 Å². The Morgan fingerprint density at radius 2 is 2.00 bits per heavy atom. The normalized spacial score (nSPS) is 14.1. The van der Waals surface area contributed by atoms with E-state index in [2.05, 4.69) is 11.4 Å². The topological polar surface area (TPSA) is 68.3 Å². The summed E-state index contributed by atoms with van der Waals surface area (Å²) in [5.74, 6) is 1.82. The minimum atomic E-state index is 0.0962. The van der Waals surface area contributed by atoms with Gasteiger partial charge in [0.1, 0.15) is 11.5 Å². The fraction of sp³-hybridized carbons (Fsp3) is 0.267. The van der Waals surface area contributed by atoms with E-state index >= 15 is 0 Å². The Morgan fingerprint density at radius 1 is 1.16 bits per heavy atom.